The number of carboxylic acid groups (broad SMARTS) is 1. The van der Waals surface area contributed by atoms with Gasteiger partial charge in [-0.15, -0.1) is 0 Å². The van der Waals surface area contributed by atoms with Crippen LogP contribution in [0.25, 0.3) is 5.65 Å². The van der Waals surface area contributed by atoms with Crippen molar-refractivity contribution in [3.05, 3.63) is 35.8 Å². The van der Waals surface area contributed by atoms with Crippen LogP contribution >= 0.6 is 0 Å². The van der Waals surface area contributed by atoms with Gasteiger partial charge in [-0.05, 0) is 32.9 Å². The number of amides is 1. The molecule has 2 aromatic heterocycles. The third-order valence-corrected chi connectivity index (χ3v) is 3.12. The molecule has 2 rings (SSSR count). The standard InChI is InChI=1S/C14H17N3O3/c1-14(2,3)17(13(19)20)8-11-10(9-18)15-12-6-4-5-7-16(11)12/h4-7,9H,8H2,1-3H3,(H,19,20). The molecular weight excluding hydrogens is 258 g/mol. The molecule has 0 aromatic carbocycles. The molecule has 2 aromatic rings. The molecule has 0 saturated heterocycles. The van der Waals surface area contributed by atoms with Crippen LogP contribution < -0.4 is 0 Å². The van der Waals surface area contributed by atoms with Gasteiger partial charge < -0.3 is 9.51 Å². The van der Waals surface area contributed by atoms with E-state index in [2.05, 4.69) is 4.98 Å². The van der Waals surface area contributed by atoms with Gasteiger partial charge in [0.05, 0.1) is 12.2 Å². The topological polar surface area (TPSA) is 74.9 Å². The summed E-state index contributed by atoms with van der Waals surface area (Å²) < 4.78 is 1.74. The normalized spacial score (nSPS) is 11.6. The summed E-state index contributed by atoms with van der Waals surface area (Å²) in [5.41, 5.74) is 0.911. The van der Waals surface area contributed by atoms with Crippen molar-refractivity contribution in [1.29, 1.82) is 0 Å². The first-order valence-electron chi connectivity index (χ1n) is 6.26. The lowest BCUT2D eigenvalue weighted by atomic mass is 10.1. The molecule has 0 spiro atoms. The molecule has 0 unspecified atom stereocenters. The fourth-order valence-corrected chi connectivity index (χ4v) is 2.06. The number of carbonyl (C=O) groups is 2. The van der Waals surface area contributed by atoms with E-state index < -0.39 is 11.6 Å². The summed E-state index contributed by atoms with van der Waals surface area (Å²) in [7, 11) is 0. The van der Waals surface area contributed by atoms with E-state index >= 15 is 0 Å². The summed E-state index contributed by atoms with van der Waals surface area (Å²) in [6.45, 7) is 5.54. The van der Waals surface area contributed by atoms with Crippen LogP contribution in [-0.4, -0.2) is 37.3 Å². The Morgan fingerprint density at radius 1 is 1.45 bits per heavy atom. The quantitative estimate of drug-likeness (QED) is 0.873. The number of aldehydes is 1. The van der Waals surface area contributed by atoms with Crippen LogP contribution in [0, 0.1) is 0 Å². The summed E-state index contributed by atoms with van der Waals surface area (Å²) in [6, 6.07) is 5.41. The number of aromatic nitrogens is 2. The van der Waals surface area contributed by atoms with E-state index in [1.165, 1.54) is 4.90 Å². The van der Waals surface area contributed by atoms with Crippen molar-refractivity contribution in [2.75, 3.05) is 0 Å². The van der Waals surface area contributed by atoms with Crippen LogP contribution in [-0.2, 0) is 6.54 Å². The number of pyridine rings is 1. The molecule has 0 saturated carbocycles. The highest BCUT2D eigenvalue weighted by Gasteiger charge is 2.28. The summed E-state index contributed by atoms with van der Waals surface area (Å²) in [4.78, 5) is 28.1. The Balaban J connectivity index is 2.51. The molecule has 2 heterocycles. The fourth-order valence-electron chi connectivity index (χ4n) is 2.06. The molecule has 0 aliphatic carbocycles. The van der Waals surface area contributed by atoms with Gasteiger partial charge in [0.25, 0.3) is 0 Å². The molecule has 1 N–H and O–H groups in total. The number of hydrogen-bond acceptors (Lipinski definition) is 3. The number of imidazole rings is 1. The largest absolute Gasteiger partial charge is 0.465 e. The van der Waals surface area contributed by atoms with Gasteiger partial charge in [0, 0.05) is 11.7 Å². The van der Waals surface area contributed by atoms with E-state index in [-0.39, 0.29) is 12.2 Å². The van der Waals surface area contributed by atoms with Crippen LogP contribution in [0.15, 0.2) is 24.4 Å². The SMILES string of the molecule is CC(C)(C)N(Cc1c(C=O)nc2ccccn12)C(=O)O. The van der Waals surface area contributed by atoms with Crippen LogP contribution in [0.3, 0.4) is 0 Å². The summed E-state index contributed by atoms with van der Waals surface area (Å²) in [5, 5.41) is 9.35. The Labute approximate surface area is 116 Å². The smallest absolute Gasteiger partial charge is 0.408 e. The molecule has 6 heteroatoms. The van der Waals surface area contributed by atoms with Crippen molar-refractivity contribution in [3.63, 3.8) is 0 Å². The summed E-state index contributed by atoms with van der Waals surface area (Å²) >= 11 is 0. The number of fused-ring (bicyclic) bond motifs is 1. The second kappa shape index (κ2) is 4.96. The number of rotatable bonds is 3. The highest BCUT2D eigenvalue weighted by molar-refractivity contribution is 5.76. The highest BCUT2D eigenvalue weighted by Crippen LogP contribution is 2.20. The molecule has 6 nitrogen and oxygen atoms in total. The molecule has 0 fully saturated rings. The predicted molar refractivity (Wildman–Crippen MR) is 73.9 cm³/mol. The van der Waals surface area contributed by atoms with Crippen molar-refractivity contribution >= 4 is 18.0 Å². The van der Waals surface area contributed by atoms with E-state index in [1.807, 2.05) is 32.9 Å². The highest BCUT2D eigenvalue weighted by atomic mass is 16.4. The third kappa shape index (κ3) is 2.49. The predicted octanol–water partition coefficient (Wildman–Crippen LogP) is 2.43. The zero-order chi connectivity index (χ0) is 14.9. The van der Waals surface area contributed by atoms with E-state index in [9.17, 15) is 14.7 Å². The van der Waals surface area contributed by atoms with Crippen molar-refractivity contribution in [3.8, 4) is 0 Å². The van der Waals surface area contributed by atoms with Crippen LogP contribution in [0.2, 0.25) is 0 Å². The molecule has 20 heavy (non-hydrogen) atoms. The van der Waals surface area contributed by atoms with Gasteiger partial charge in [0.15, 0.2) is 6.29 Å². The molecule has 0 aliphatic rings. The number of carbonyl (C=O) groups excluding carboxylic acids is 1. The average molecular weight is 275 g/mol. The fraction of sp³-hybridized carbons (Fsp3) is 0.357. The zero-order valence-corrected chi connectivity index (χ0v) is 11.7. The monoisotopic (exact) mass is 275 g/mol. The molecule has 0 atom stereocenters. The van der Waals surface area contributed by atoms with Gasteiger partial charge >= 0.3 is 6.09 Å². The van der Waals surface area contributed by atoms with Gasteiger partial charge in [0.2, 0.25) is 0 Å². The Morgan fingerprint density at radius 3 is 2.70 bits per heavy atom. The van der Waals surface area contributed by atoms with E-state index in [0.29, 0.717) is 17.6 Å². The number of nitrogens with zero attached hydrogens (tertiary/aromatic N) is 3. The molecule has 106 valence electrons. The molecule has 0 bridgehead atoms. The Hall–Kier alpha value is -2.37. The van der Waals surface area contributed by atoms with Crippen LogP contribution in [0.4, 0.5) is 4.79 Å². The van der Waals surface area contributed by atoms with Gasteiger partial charge in [-0.2, -0.15) is 0 Å². The average Bonchev–Trinajstić information content (AvgIpc) is 2.71. The first-order valence-corrected chi connectivity index (χ1v) is 6.26. The minimum absolute atomic E-state index is 0.109. The Bertz CT molecular complexity index is 655. The second-order valence-corrected chi connectivity index (χ2v) is 5.53. The lowest BCUT2D eigenvalue weighted by molar-refractivity contribution is 0.0936. The van der Waals surface area contributed by atoms with Gasteiger partial charge in [-0.3, -0.25) is 9.69 Å². The first-order chi connectivity index (χ1) is 9.34. The minimum atomic E-state index is -1.03. The van der Waals surface area contributed by atoms with Crippen molar-refractivity contribution in [1.82, 2.24) is 14.3 Å². The molecule has 1 amide bonds. The van der Waals surface area contributed by atoms with Crippen LogP contribution in [0.5, 0.6) is 0 Å². The second-order valence-electron chi connectivity index (χ2n) is 5.53. The maximum Gasteiger partial charge on any atom is 0.408 e. The summed E-state index contributed by atoms with van der Waals surface area (Å²) in [5.74, 6) is 0. The molecule has 0 radical (unpaired) electrons. The Morgan fingerprint density at radius 2 is 2.15 bits per heavy atom. The van der Waals surface area contributed by atoms with Gasteiger partial charge in [-0.1, -0.05) is 6.07 Å². The van der Waals surface area contributed by atoms with Gasteiger partial charge in [0.1, 0.15) is 11.3 Å². The van der Waals surface area contributed by atoms with Crippen LogP contribution in [0.1, 0.15) is 37.0 Å². The number of hydrogen-bond donors (Lipinski definition) is 1. The lowest BCUT2D eigenvalue weighted by Gasteiger charge is -2.33. The van der Waals surface area contributed by atoms with Gasteiger partial charge in [-0.25, -0.2) is 9.78 Å². The van der Waals surface area contributed by atoms with Crippen molar-refractivity contribution in [2.24, 2.45) is 0 Å². The molecular formula is C14H17N3O3. The summed E-state index contributed by atoms with van der Waals surface area (Å²) in [6.07, 6.45) is 1.40. The van der Waals surface area contributed by atoms with E-state index in [1.54, 1.807) is 16.7 Å². The zero-order valence-electron chi connectivity index (χ0n) is 11.7. The van der Waals surface area contributed by atoms with Crippen molar-refractivity contribution in [2.45, 2.75) is 32.9 Å². The van der Waals surface area contributed by atoms with E-state index in [0.717, 1.165) is 0 Å². The third-order valence-electron chi connectivity index (χ3n) is 3.12. The first kappa shape index (κ1) is 14.0. The minimum Gasteiger partial charge on any atom is -0.465 e. The maximum absolute atomic E-state index is 11.4. The maximum atomic E-state index is 11.4. The van der Waals surface area contributed by atoms with Crippen molar-refractivity contribution < 1.29 is 14.7 Å². The Kier molecular flexibility index (Phi) is 3.48. The van der Waals surface area contributed by atoms with E-state index in [4.69, 9.17) is 0 Å². The lowest BCUT2D eigenvalue weighted by Crippen LogP contribution is -2.44. The molecule has 0 aliphatic heterocycles.